The number of rotatable bonds is 8. The first-order valence-electron chi connectivity index (χ1n) is 10.9. The van der Waals surface area contributed by atoms with Crippen LogP contribution < -0.4 is 10.1 Å². The van der Waals surface area contributed by atoms with Gasteiger partial charge in [0.2, 0.25) is 5.71 Å². The summed E-state index contributed by atoms with van der Waals surface area (Å²) in [5.41, 5.74) is 2.64. The van der Waals surface area contributed by atoms with Crippen molar-refractivity contribution in [3.63, 3.8) is 0 Å². The van der Waals surface area contributed by atoms with Crippen molar-refractivity contribution in [1.29, 1.82) is 0 Å². The molecular weight excluding hydrogens is 374 g/mol. The lowest BCUT2D eigenvalue weighted by Crippen LogP contribution is -2.24. The second-order valence-electron chi connectivity index (χ2n) is 7.83. The summed E-state index contributed by atoms with van der Waals surface area (Å²) in [7, 11) is 1.69. The monoisotopic (exact) mass is 405 g/mol. The predicted molar refractivity (Wildman–Crippen MR) is 124 cm³/mol. The highest BCUT2D eigenvalue weighted by molar-refractivity contribution is 6.07. The van der Waals surface area contributed by atoms with Gasteiger partial charge in [0.15, 0.2) is 0 Å². The summed E-state index contributed by atoms with van der Waals surface area (Å²) in [6.45, 7) is 9.97. The Morgan fingerprint density at radius 3 is 2.67 bits per heavy atom. The number of H-pyrrole nitrogens is 1. The van der Waals surface area contributed by atoms with Crippen molar-refractivity contribution in [3.05, 3.63) is 47.8 Å². The summed E-state index contributed by atoms with van der Waals surface area (Å²) >= 11 is 0. The van der Waals surface area contributed by atoms with Crippen LogP contribution in [0.4, 0.5) is 0 Å². The van der Waals surface area contributed by atoms with E-state index in [-0.39, 0.29) is 6.04 Å². The van der Waals surface area contributed by atoms with Crippen molar-refractivity contribution in [2.24, 2.45) is 4.99 Å². The Hall–Kier alpha value is -2.79. The summed E-state index contributed by atoms with van der Waals surface area (Å²) in [4.78, 5) is 11.1. The highest BCUT2D eigenvalue weighted by Crippen LogP contribution is 2.27. The lowest BCUT2D eigenvalue weighted by Gasteiger charge is -2.18. The maximum atomic E-state index is 6.22. The van der Waals surface area contributed by atoms with Crippen LogP contribution in [0, 0.1) is 0 Å². The molecule has 0 saturated heterocycles. The van der Waals surface area contributed by atoms with Crippen LogP contribution in [0.2, 0.25) is 0 Å². The SMILES string of the molecule is CCN(CC)CCCC(C)N=c1c2cc(OC)ccc2oc2[nH]c3ccccc3c12. The molecule has 0 amide bonds. The van der Waals surface area contributed by atoms with Crippen LogP contribution >= 0.6 is 0 Å². The van der Waals surface area contributed by atoms with E-state index < -0.39 is 0 Å². The van der Waals surface area contributed by atoms with Crippen molar-refractivity contribution in [1.82, 2.24) is 9.88 Å². The van der Waals surface area contributed by atoms with E-state index in [1.807, 2.05) is 24.3 Å². The molecule has 2 aromatic heterocycles. The van der Waals surface area contributed by atoms with Crippen LogP contribution in [0.25, 0.3) is 33.0 Å². The molecule has 0 spiro atoms. The molecule has 0 aliphatic heterocycles. The zero-order chi connectivity index (χ0) is 21.1. The number of hydrogen-bond donors (Lipinski definition) is 1. The van der Waals surface area contributed by atoms with Gasteiger partial charge < -0.3 is 19.0 Å². The second-order valence-corrected chi connectivity index (χ2v) is 7.83. The van der Waals surface area contributed by atoms with E-state index in [9.17, 15) is 0 Å². The Morgan fingerprint density at radius 2 is 1.90 bits per heavy atom. The number of fused-ring (bicyclic) bond motifs is 4. The third-order valence-electron chi connectivity index (χ3n) is 5.90. The van der Waals surface area contributed by atoms with Crippen molar-refractivity contribution in [2.75, 3.05) is 26.7 Å². The molecule has 0 fully saturated rings. The minimum atomic E-state index is 0.217. The van der Waals surface area contributed by atoms with Gasteiger partial charge in [-0.3, -0.25) is 4.99 Å². The predicted octanol–water partition coefficient (Wildman–Crippen LogP) is 5.49. The number of benzene rings is 2. The molecule has 5 heteroatoms. The van der Waals surface area contributed by atoms with Gasteiger partial charge in [0, 0.05) is 22.3 Å². The van der Waals surface area contributed by atoms with Gasteiger partial charge in [-0.1, -0.05) is 32.0 Å². The lowest BCUT2D eigenvalue weighted by atomic mass is 10.1. The smallest absolute Gasteiger partial charge is 0.208 e. The van der Waals surface area contributed by atoms with E-state index in [0.717, 1.165) is 76.6 Å². The number of ether oxygens (including phenoxy) is 1. The molecule has 1 N–H and O–H groups in total. The number of aromatic nitrogens is 1. The average Bonchev–Trinajstić information content (AvgIpc) is 3.14. The van der Waals surface area contributed by atoms with E-state index in [1.54, 1.807) is 7.11 Å². The van der Waals surface area contributed by atoms with Crippen LogP contribution in [0.5, 0.6) is 5.75 Å². The standard InChI is InChI=1S/C25H31N3O2/c1-5-28(6-2)15-9-10-17(3)26-24-20-16-18(29-4)13-14-22(20)30-25-23(24)19-11-7-8-12-21(19)27-25/h7-8,11-14,16-17,27H,5-6,9-10,15H2,1-4H3. The van der Waals surface area contributed by atoms with E-state index in [2.05, 4.69) is 48.9 Å². The Balaban J connectivity index is 1.84. The molecular formula is C25H31N3O2. The minimum absolute atomic E-state index is 0.217. The molecule has 4 rings (SSSR count). The molecule has 0 bridgehead atoms. The van der Waals surface area contributed by atoms with Gasteiger partial charge in [0.25, 0.3) is 0 Å². The average molecular weight is 406 g/mol. The maximum absolute atomic E-state index is 6.22. The van der Waals surface area contributed by atoms with Crippen LogP contribution in [-0.4, -0.2) is 42.7 Å². The Bertz CT molecular complexity index is 1220. The summed E-state index contributed by atoms with van der Waals surface area (Å²) in [5.74, 6) is 0.808. The summed E-state index contributed by atoms with van der Waals surface area (Å²) in [5, 5.41) is 4.15. The van der Waals surface area contributed by atoms with Crippen molar-refractivity contribution in [3.8, 4) is 5.75 Å². The van der Waals surface area contributed by atoms with Crippen molar-refractivity contribution >= 4 is 33.0 Å². The van der Waals surface area contributed by atoms with Crippen LogP contribution in [-0.2, 0) is 0 Å². The third kappa shape index (κ3) is 3.94. The molecule has 2 aromatic carbocycles. The Morgan fingerprint density at radius 1 is 1.10 bits per heavy atom. The quantitative estimate of drug-likeness (QED) is 0.422. The first-order chi connectivity index (χ1) is 14.6. The van der Waals surface area contributed by atoms with E-state index >= 15 is 0 Å². The fourth-order valence-electron chi connectivity index (χ4n) is 4.15. The van der Waals surface area contributed by atoms with Gasteiger partial charge in [-0.15, -0.1) is 0 Å². The van der Waals surface area contributed by atoms with E-state index in [0.29, 0.717) is 0 Å². The molecule has 5 nitrogen and oxygen atoms in total. The highest BCUT2D eigenvalue weighted by atomic mass is 16.5. The summed E-state index contributed by atoms with van der Waals surface area (Å²) < 4.78 is 11.7. The Kier molecular flexibility index (Phi) is 6.09. The third-order valence-corrected chi connectivity index (χ3v) is 5.90. The molecule has 2 heterocycles. The first kappa shape index (κ1) is 20.5. The zero-order valence-corrected chi connectivity index (χ0v) is 18.4. The molecule has 0 aliphatic carbocycles. The number of aromatic amines is 1. The largest absolute Gasteiger partial charge is 0.497 e. The van der Waals surface area contributed by atoms with Gasteiger partial charge in [-0.25, -0.2) is 0 Å². The van der Waals surface area contributed by atoms with Crippen LogP contribution in [0.3, 0.4) is 0 Å². The van der Waals surface area contributed by atoms with Gasteiger partial charge in [-0.2, -0.15) is 0 Å². The normalized spacial score (nSPS) is 13.7. The van der Waals surface area contributed by atoms with Gasteiger partial charge in [0.1, 0.15) is 11.3 Å². The molecule has 4 aromatic rings. The maximum Gasteiger partial charge on any atom is 0.208 e. The van der Waals surface area contributed by atoms with Crippen LogP contribution in [0.1, 0.15) is 33.6 Å². The number of para-hydroxylation sites is 1. The number of hydrogen-bond acceptors (Lipinski definition) is 4. The van der Waals surface area contributed by atoms with Gasteiger partial charge in [-0.05, 0) is 63.7 Å². The Labute approximate surface area is 177 Å². The molecule has 0 aliphatic rings. The highest BCUT2D eigenvalue weighted by Gasteiger charge is 2.14. The number of nitrogens with one attached hydrogen (secondary N) is 1. The summed E-state index contributed by atoms with van der Waals surface area (Å²) in [6, 6.07) is 14.4. The molecule has 1 unspecified atom stereocenters. The van der Waals surface area contributed by atoms with Crippen molar-refractivity contribution in [2.45, 2.75) is 39.7 Å². The molecule has 0 saturated carbocycles. The van der Waals surface area contributed by atoms with Gasteiger partial charge in [0.05, 0.1) is 17.9 Å². The molecule has 0 radical (unpaired) electrons. The molecule has 158 valence electrons. The molecule has 1 atom stereocenters. The topological polar surface area (TPSA) is 53.8 Å². The number of nitrogens with zero attached hydrogens (tertiary/aromatic N) is 2. The minimum Gasteiger partial charge on any atom is -0.497 e. The van der Waals surface area contributed by atoms with E-state index in [1.165, 1.54) is 0 Å². The van der Waals surface area contributed by atoms with Crippen LogP contribution in [0.15, 0.2) is 51.9 Å². The fourth-order valence-corrected chi connectivity index (χ4v) is 4.15. The summed E-state index contributed by atoms with van der Waals surface area (Å²) in [6.07, 6.45) is 2.19. The molecule has 30 heavy (non-hydrogen) atoms. The van der Waals surface area contributed by atoms with E-state index in [4.69, 9.17) is 14.1 Å². The van der Waals surface area contributed by atoms with Gasteiger partial charge >= 0.3 is 0 Å². The van der Waals surface area contributed by atoms with Crippen molar-refractivity contribution < 1.29 is 9.15 Å². The lowest BCUT2D eigenvalue weighted by molar-refractivity contribution is 0.294. The first-order valence-corrected chi connectivity index (χ1v) is 10.9. The zero-order valence-electron chi connectivity index (χ0n) is 18.4. The number of methoxy groups -OCH3 is 1. The second kappa shape index (κ2) is 8.92. The fraction of sp³-hybridized carbons (Fsp3) is 0.400.